The smallest absolute Gasteiger partial charge is 0.197 e. The van der Waals surface area contributed by atoms with Gasteiger partial charge in [-0.25, -0.2) is 0 Å². The summed E-state index contributed by atoms with van der Waals surface area (Å²) in [4.78, 5) is 12.9. The van der Waals surface area contributed by atoms with Crippen molar-refractivity contribution in [1.82, 2.24) is 0 Å². The third kappa shape index (κ3) is 3.67. The van der Waals surface area contributed by atoms with Crippen molar-refractivity contribution in [2.24, 2.45) is 0 Å². The minimum atomic E-state index is -0.356. The second-order valence-electron chi connectivity index (χ2n) is 6.22. The van der Waals surface area contributed by atoms with E-state index in [0.717, 1.165) is 11.3 Å². The number of benzene rings is 2. The van der Waals surface area contributed by atoms with Crippen LogP contribution in [0.4, 0.5) is 0 Å². The molecule has 0 saturated carbocycles. The summed E-state index contributed by atoms with van der Waals surface area (Å²) in [6.45, 7) is 7.80. The lowest BCUT2D eigenvalue weighted by Gasteiger charge is -2.23. The van der Waals surface area contributed by atoms with Gasteiger partial charge in [0.05, 0.1) is 12.7 Å². The fraction of sp³-hybridized carbons (Fsp3) is 0.316. The van der Waals surface area contributed by atoms with E-state index in [0.29, 0.717) is 16.9 Å². The Bertz CT molecular complexity index is 681. The van der Waals surface area contributed by atoms with Gasteiger partial charge < -0.3 is 9.47 Å². The highest BCUT2D eigenvalue weighted by Crippen LogP contribution is 2.27. The predicted molar refractivity (Wildman–Crippen MR) is 88.0 cm³/mol. The molecule has 0 unspecified atom stereocenters. The standard InChI is InChI=1S/C19H22O3/c1-13-12-14(21-5)10-11-15(13)18(20)16-8-6-7-9-17(16)22-19(2,3)4/h6-12H,1-5H3. The Kier molecular flexibility index (Phi) is 4.55. The topological polar surface area (TPSA) is 35.5 Å². The lowest BCUT2D eigenvalue weighted by molar-refractivity contribution is 0.101. The number of para-hydroxylation sites is 1. The molecule has 0 radical (unpaired) electrons. The predicted octanol–water partition coefficient (Wildman–Crippen LogP) is 4.41. The third-order valence-corrected chi connectivity index (χ3v) is 3.23. The molecule has 3 nitrogen and oxygen atoms in total. The van der Waals surface area contributed by atoms with E-state index < -0.39 is 0 Å². The molecule has 0 amide bonds. The number of carbonyl (C=O) groups is 1. The number of ketones is 1. The number of methoxy groups -OCH3 is 1. The van der Waals surface area contributed by atoms with Gasteiger partial charge in [-0.2, -0.15) is 0 Å². The van der Waals surface area contributed by atoms with Gasteiger partial charge in [-0.05, 0) is 63.6 Å². The summed E-state index contributed by atoms with van der Waals surface area (Å²) < 4.78 is 11.1. The van der Waals surface area contributed by atoms with Crippen molar-refractivity contribution in [1.29, 1.82) is 0 Å². The summed E-state index contributed by atoms with van der Waals surface area (Å²) in [5.74, 6) is 1.31. The molecular formula is C19H22O3. The molecule has 0 saturated heterocycles. The Morgan fingerprint density at radius 2 is 1.68 bits per heavy atom. The van der Waals surface area contributed by atoms with Gasteiger partial charge in [0, 0.05) is 5.56 Å². The maximum atomic E-state index is 12.9. The summed E-state index contributed by atoms with van der Waals surface area (Å²) in [7, 11) is 1.61. The van der Waals surface area contributed by atoms with E-state index in [2.05, 4.69) is 0 Å². The molecule has 2 aromatic carbocycles. The normalized spacial score (nSPS) is 11.1. The van der Waals surface area contributed by atoms with Crippen molar-refractivity contribution in [3.63, 3.8) is 0 Å². The molecule has 0 aromatic heterocycles. The summed E-state index contributed by atoms with van der Waals surface area (Å²) in [6, 6.07) is 12.8. The Balaban J connectivity index is 2.42. The maximum absolute atomic E-state index is 12.9. The van der Waals surface area contributed by atoms with E-state index in [4.69, 9.17) is 9.47 Å². The van der Waals surface area contributed by atoms with Crippen molar-refractivity contribution in [3.8, 4) is 11.5 Å². The second-order valence-corrected chi connectivity index (χ2v) is 6.22. The fourth-order valence-electron chi connectivity index (χ4n) is 2.24. The van der Waals surface area contributed by atoms with Crippen molar-refractivity contribution < 1.29 is 14.3 Å². The molecule has 0 spiro atoms. The molecule has 0 aliphatic heterocycles. The molecule has 0 aliphatic rings. The Morgan fingerprint density at radius 3 is 2.27 bits per heavy atom. The lowest BCUT2D eigenvalue weighted by Crippen LogP contribution is -2.24. The van der Waals surface area contributed by atoms with Gasteiger partial charge >= 0.3 is 0 Å². The summed E-state index contributed by atoms with van der Waals surface area (Å²) in [6.07, 6.45) is 0. The van der Waals surface area contributed by atoms with E-state index in [1.54, 1.807) is 25.3 Å². The third-order valence-electron chi connectivity index (χ3n) is 3.23. The van der Waals surface area contributed by atoms with E-state index >= 15 is 0 Å². The van der Waals surface area contributed by atoms with Crippen LogP contribution in [0.1, 0.15) is 42.3 Å². The molecule has 0 heterocycles. The van der Waals surface area contributed by atoms with Crippen LogP contribution >= 0.6 is 0 Å². The maximum Gasteiger partial charge on any atom is 0.197 e. The van der Waals surface area contributed by atoms with Gasteiger partial charge in [0.2, 0.25) is 0 Å². The van der Waals surface area contributed by atoms with E-state index in [1.165, 1.54) is 0 Å². The zero-order chi connectivity index (χ0) is 16.3. The monoisotopic (exact) mass is 298 g/mol. The van der Waals surface area contributed by atoms with Crippen LogP contribution in [0.5, 0.6) is 11.5 Å². The molecule has 2 rings (SSSR count). The van der Waals surface area contributed by atoms with Crippen molar-refractivity contribution in [2.45, 2.75) is 33.3 Å². The first-order valence-corrected chi connectivity index (χ1v) is 7.29. The molecule has 3 heteroatoms. The minimum Gasteiger partial charge on any atom is -0.497 e. The molecule has 116 valence electrons. The van der Waals surface area contributed by atoms with Crippen LogP contribution in [-0.4, -0.2) is 18.5 Å². The molecular weight excluding hydrogens is 276 g/mol. The van der Waals surface area contributed by atoms with E-state index in [1.807, 2.05) is 52.0 Å². The van der Waals surface area contributed by atoms with Gasteiger partial charge in [-0.3, -0.25) is 4.79 Å². The highest BCUT2D eigenvalue weighted by Gasteiger charge is 2.20. The average Bonchev–Trinajstić information content (AvgIpc) is 2.45. The second kappa shape index (κ2) is 6.22. The number of hydrogen-bond donors (Lipinski definition) is 0. The number of aryl methyl sites for hydroxylation is 1. The summed E-state index contributed by atoms with van der Waals surface area (Å²) in [5, 5.41) is 0. The first-order valence-electron chi connectivity index (χ1n) is 7.29. The van der Waals surface area contributed by atoms with Crippen LogP contribution in [0.3, 0.4) is 0 Å². The molecule has 0 atom stereocenters. The number of carbonyl (C=O) groups excluding carboxylic acids is 1. The van der Waals surface area contributed by atoms with Crippen LogP contribution in [0, 0.1) is 6.92 Å². The summed E-state index contributed by atoms with van der Waals surface area (Å²) >= 11 is 0. The first kappa shape index (κ1) is 16.1. The van der Waals surface area contributed by atoms with Gasteiger partial charge in [0.1, 0.15) is 17.1 Å². The van der Waals surface area contributed by atoms with Crippen molar-refractivity contribution in [3.05, 3.63) is 59.2 Å². The number of ether oxygens (including phenoxy) is 2. The quantitative estimate of drug-likeness (QED) is 0.784. The molecule has 22 heavy (non-hydrogen) atoms. The average molecular weight is 298 g/mol. The van der Waals surface area contributed by atoms with Crippen LogP contribution < -0.4 is 9.47 Å². The van der Waals surface area contributed by atoms with E-state index in [-0.39, 0.29) is 11.4 Å². The Hall–Kier alpha value is -2.29. The lowest BCUT2D eigenvalue weighted by atomic mass is 9.98. The fourth-order valence-corrected chi connectivity index (χ4v) is 2.24. The SMILES string of the molecule is COc1ccc(C(=O)c2ccccc2OC(C)(C)C)c(C)c1. The Morgan fingerprint density at radius 1 is 1.00 bits per heavy atom. The van der Waals surface area contributed by atoms with Crippen LogP contribution in [0.25, 0.3) is 0 Å². The first-order chi connectivity index (χ1) is 10.3. The summed E-state index contributed by atoms with van der Waals surface area (Å²) in [5.41, 5.74) is 1.76. The highest BCUT2D eigenvalue weighted by molar-refractivity contribution is 6.11. The van der Waals surface area contributed by atoms with Gasteiger partial charge in [0.25, 0.3) is 0 Å². The van der Waals surface area contributed by atoms with Crippen LogP contribution in [0.2, 0.25) is 0 Å². The molecule has 2 aromatic rings. The molecule has 0 N–H and O–H groups in total. The molecule has 0 aliphatic carbocycles. The minimum absolute atomic E-state index is 0.0417. The highest BCUT2D eigenvalue weighted by atomic mass is 16.5. The van der Waals surface area contributed by atoms with Gasteiger partial charge in [0.15, 0.2) is 5.78 Å². The van der Waals surface area contributed by atoms with Crippen LogP contribution in [-0.2, 0) is 0 Å². The molecule has 0 bridgehead atoms. The van der Waals surface area contributed by atoms with Gasteiger partial charge in [-0.15, -0.1) is 0 Å². The largest absolute Gasteiger partial charge is 0.497 e. The van der Waals surface area contributed by atoms with Crippen molar-refractivity contribution >= 4 is 5.78 Å². The van der Waals surface area contributed by atoms with Crippen molar-refractivity contribution in [2.75, 3.05) is 7.11 Å². The zero-order valence-corrected chi connectivity index (χ0v) is 13.8. The van der Waals surface area contributed by atoms with Crippen LogP contribution in [0.15, 0.2) is 42.5 Å². The molecule has 0 fully saturated rings. The Labute approximate surface area is 131 Å². The number of hydrogen-bond acceptors (Lipinski definition) is 3. The van der Waals surface area contributed by atoms with E-state index in [9.17, 15) is 4.79 Å². The zero-order valence-electron chi connectivity index (χ0n) is 13.8. The number of rotatable bonds is 4. The van der Waals surface area contributed by atoms with Gasteiger partial charge in [-0.1, -0.05) is 12.1 Å².